The third-order valence-electron chi connectivity index (χ3n) is 15.6. The Bertz CT molecular complexity index is 2720. The molecule has 2 aliphatic heterocycles. The van der Waals surface area contributed by atoms with Crippen LogP contribution in [0.4, 0.5) is 0 Å². The summed E-state index contributed by atoms with van der Waals surface area (Å²) in [5.41, 5.74) is 24.1. The van der Waals surface area contributed by atoms with Gasteiger partial charge in [0.25, 0.3) is 0 Å². The van der Waals surface area contributed by atoms with Crippen molar-refractivity contribution in [1.82, 2.24) is 52.8 Å². The number of nitrogens with one attached hydrogen (secondary N) is 9. The number of aliphatic imine (C=N–C) groups is 1. The van der Waals surface area contributed by atoms with Gasteiger partial charge in [-0.25, -0.2) is 0 Å². The van der Waals surface area contributed by atoms with Crippen LogP contribution in [-0.4, -0.2) is 167 Å². The first-order chi connectivity index (χ1) is 41.5. The van der Waals surface area contributed by atoms with E-state index in [1.807, 2.05) is 30.3 Å². The molecule has 3 fully saturated rings. The van der Waals surface area contributed by atoms with E-state index < -0.39 is 131 Å². The van der Waals surface area contributed by atoms with E-state index in [0.717, 1.165) is 24.8 Å². The van der Waals surface area contributed by atoms with Crippen molar-refractivity contribution in [3.05, 3.63) is 71.8 Å². The Morgan fingerprint density at radius 1 is 0.724 bits per heavy atom. The van der Waals surface area contributed by atoms with E-state index in [2.05, 4.69) is 52.8 Å². The third-order valence-corrected chi connectivity index (χ3v) is 18.9. The summed E-state index contributed by atoms with van der Waals surface area (Å²) in [7, 11) is 2.59. The summed E-state index contributed by atoms with van der Waals surface area (Å²) in [6.45, 7) is 6.87. The number of nitrogens with zero attached hydrogens (tertiary/aromatic N) is 2. The third kappa shape index (κ3) is 23.0. The van der Waals surface area contributed by atoms with E-state index in [1.165, 1.54) is 26.5 Å². The van der Waals surface area contributed by atoms with Crippen LogP contribution in [0.25, 0.3) is 0 Å². The molecule has 9 atom stereocenters. The van der Waals surface area contributed by atoms with E-state index in [0.29, 0.717) is 31.2 Å². The Morgan fingerprint density at radius 2 is 1.32 bits per heavy atom. The summed E-state index contributed by atoms with van der Waals surface area (Å²) in [6.07, 6.45) is 4.04. The lowest BCUT2D eigenvalue weighted by atomic mass is 9.85. The molecule has 0 radical (unpaired) electrons. The van der Waals surface area contributed by atoms with Gasteiger partial charge in [0.05, 0.1) is 19.0 Å². The maximum Gasteiger partial charge on any atom is 0.246 e. The highest BCUT2D eigenvalue weighted by atomic mass is 33.1. The molecule has 1 unspecified atom stereocenters. The first-order valence-corrected chi connectivity index (χ1v) is 32.2. The maximum absolute atomic E-state index is 15.1. The number of benzene rings is 2. The summed E-state index contributed by atoms with van der Waals surface area (Å²) in [5.74, 6) is -8.71. The molecule has 87 heavy (non-hydrogen) atoms. The highest BCUT2D eigenvalue weighted by Crippen LogP contribution is 2.48. The van der Waals surface area contributed by atoms with Crippen LogP contribution in [0, 0.1) is 11.8 Å². The van der Waals surface area contributed by atoms with Crippen LogP contribution in [0.15, 0.2) is 65.7 Å². The van der Waals surface area contributed by atoms with Crippen molar-refractivity contribution in [3.8, 4) is 0 Å². The average molecular weight is 1250 g/mol. The minimum atomic E-state index is -1.67. The summed E-state index contributed by atoms with van der Waals surface area (Å²) in [6, 6.07) is 8.07. The van der Waals surface area contributed by atoms with Gasteiger partial charge >= 0.3 is 0 Å². The van der Waals surface area contributed by atoms with E-state index in [1.54, 1.807) is 58.0 Å². The standard InChI is InChI=1S/C59H89N15O11S2/c1-5-36(4)49-56(84)71-42(31-45(60)75)52(80)72-43(57(85)74-28-16-22-44(74)54(82)69-39(21-15-25-66-58(62)63)50(78)67-33-47(77)64-26-27-65-55(83)48(61)35(2)3)34-86-87-59(23-13-8-14-24-59)32-46(76)68-40(29-37-17-9-6-10-18-37)51(79)70-41(53(81)73-49)30-38-19-11-7-12-20-38/h6-7,9-12,17-20,35-36,39-44,48-49H,5,8,13-16,21-34,61H2,1-4H3,(H2,60,75)(H,64,77)(H,65,83)(H,67,78)(H,68,76)(H,69,82)(H,70,79)(H,71,84)(H,72,80)(H,73,81)(H4,62,63,66)/t36?,39-,40+,41-,42-,43-,44-,48-,49-/m0/s1. The summed E-state index contributed by atoms with van der Waals surface area (Å²) in [4.78, 5) is 159. The smallest absolute Gasteiger partial charge is 0.246 e. The largest absolute Gasteiger partial charge is 0.370 e. The zero-order valence-electron chi connectivity index (χ0n) is 50.2. The van der Waals surface area contributed by atoms with Crippen LogP contribution in [-0.2, 0) is 65.6 Å². The molecule has 478 valence electrons. The lowest BCUT2D eigenvalue weighted by Gasteiger charge is -2.37. The molecule has 26 nitrogen and oxygen atoms in total. The monoisotopic (exact) mass is 1250 g/mol. The van der Waals surface area contributed by atoms with Crippen molar-refractivity contribution >= 4 is 92.5 Å². The van der Waals surface area contributed by atoms with Crippen molar-refractivity contribution in [2.45, 2.75) is 171 Å². The molecule has 2 aromatic rings. The highest BCUT2D eigenvalue weighted by molar-refractivity contribution is 8.77. The number of guanidine groups is 1. The SMILES string of the molecule is CCC(C)[C@@H]1NC(=O)[C@H](Cc2ccccc2)NC(=O)[C@@H](Cc2ccccc2)NC(=O)CC2(CCCCC2)SSC[C@@H](C(=O)N2CCC[C@H]2C(=O)N[C@@H](CCCN=C(N)N)C(=O)NCC(=O)NCCNC(=O)[C@@H](N)C(C)C)NC(=O)[C@H](CC(N)=O)NC1=O. The lowest BCUT2D eigenvalue weighted by molar-refractivity contribution is -0.142. The molecule has 0 bridgehead atoms. The van der Waals surface area contributed by atoms with Gasteiger partial charge in [0.2, 0.25) is 65.0 Å². The van der Waals surface area contributed by atoms with Gasteiger partial charge in [0.15, 0.2) is 5.96 Å². The molecule has 0 aromatic heterocycles. The van der Waals surface area contributed by atoms with Gasteiger partial charge in [-0.2, -0.15) is 0 Å². The lowest BCUT2D eigenvalue weighted by Crippen LogP contribution is -2.62. The van der Waals surface area contributed by atoms with Crippen LogP contribution >= 0.6 is 21.6 Å². The molecular formula is C59H89N15O11S2. The van der Waals surface area contributed by atoms with Crippen molar-refractivity contribution in [3.63, 3.8) is 0 Å². The maximum atomic E-state index is 15.1. The number of amides is 11. The number of carbonyl (C=O) groups excluding carboxylic acids is 11. The van der Waals surface area contributed by atoms with Crippen LogP contribution in [0.1, 0.15) is 116 Å². The predicted octanol–water partition coefficient (Wildman–Crippen LogP) is -0.833. The number of likely N-dealkylation sites (tertiary alicyclic amines) is 1. The first-order valence-electron chi connectivity index (χ1n) is 29.9. The van der Waals surface area contributed by atoms with Gasteiger partial charge in [-0.15, -0.1) is 0 Å². The highest BCUT2D eigenvalue weighted by Gasteiger charge is 2.43. The Kier molecular flexibility index (Phi) is 28.6. The normalized spacial score (nSPS) is 22.6. The van der Waals surface area contributed by atoms with Gasteiger partial charge in [-0.05, 0) is 61.5 Å². The number of hydrogen-bond acceptors (Lipinski definition) is 15. The van der Waals surface area contributed by atoms with Crippen molar-refractivity contribution in [2.75, 3.05) is 38.5 Å². The van der Waals surface area contributed by atoms with Gasteiger partial charge < -0.3 is 75.7 Å². The molecule has 2 saturated heterocycles. The fraction of sp³-hybridized carbons (Fsp3) is 0.593. The molecule has 1 aliphatic carbocycles. The number of carbonyl (C=O) groups is 11. The van der Waals surface area contributed by atoms with E-state index in [4.69, 9.17) is 22.9 Å². The minimum Gasteiger partial charge on any atom is -0.370 e. The second-order valence-electron chi connectivity index (χ2n) is 22.8. The van der Waals surface area contributed by atoms with Gasteiger partial charge in [0.1, 0.15) is 42.3 Å². The molecule has 11 amide bonds. The fourth-order valence-electron chi connectivity index (χ4n) is 10.4. The fourth-order valence-corrected chi connectivity index (χ4v) is 13.8. The Balaban J connectivity index is 1.45. The van der Waals surface area contributed by atoms with Crippen LogP contribution in [0.5, 0.6) is 0 Å². The number of hydrogen-bond donors (Lipinski definition) is 13. The van der Waals surface area contributed by atoms with Crippen molar-refractivity contribution < 1.29 is 52.7 Å². The van der Waals surface area contributed by atoms with Crippen molar-refractivity contribution in [1.29, 1.82) is 0 Å². The first kappa shape index (κ1) is 70.3. The summed E-state index contributed by atoms with van der Waals surface area (Å²) >= 11 is 0. The predicted molar refractivity (Wildman–Crippen MR) is 332 cm³/mol. The zero-order chi connectivity index (χ0) is 63.6. The number of rotatable bonds is 23. The van der Waals surface area contributed by atoms with E-state index in [-0.39, 0.29) is 88.2 Å². The molecule has 1 spiro atoms. The second kappa shape index (κ2) is 35.4. The van der Waals surface area contributed by atoms with Crippen LogP contribution in [0.3, 0.4) is 0 Å². The zero-order valence-corrected chi connectivity index (χ0v) is 51.8. The van der Waals surface area contributed by atoms with Gasteiger partial charge in [-0.1, -0.05) is 136 Å². The van der Waals surface area contributed by atoms with Gasteiger partial charge in [-0.3, -0.25) is 57.7 Å². The molecule has 2 aromatic carbocycles. The van der Waals surface area contributed by atoms with E-state index >= 15 is 4.79 Å². The molecule has 3 aliphatic rings. The average Bonchev–Trinajstić information content (AvgIpc) is 2.55. The molecule has 5 rings (SSSR count). The van der Waals surface area contributed by atoms with Crippen LogP contribution < -0.4 is 70.8 Å². The molecule has 28 heteroatoms. The molecule has 1 saturated carbocycles. The summed E-state index contributed by atoms with van der Waals surface area (Å²) in [5, 5.41) is 24.6. The second-order valence-corrected chi connectivity index (χ2v) is 25.7. The molecular weight excluding hydrogens is 1160 g/mol. The van der Waals surface area contributed by atoms with E-state index in [9.17, 15) is 47.9 Å². The Morgan fingerprint density at radius 3 is 1.93 bits per heavy atom. The summed E-state index contributed by atoms with van der Waals surface area (Å²) < 4.78 is -0.713. The number of nitrogens with two attached hydrogens (primary N) is 4. The van der Waals surface area contributed by atoms with Crippen LogP contribution in [0.2, 0.25) is 0 Å². The Hall–Kier alpha value is -7.46. The number of primary amides is 1. The molecule has 17 N–H and O–H groups in total. The Labute approximate surface area is 516 Å². The topological polar surface area (TPSA) is 416 Å². The van der Waals surface area contributed by atoms with Crippen molar-refractivity contribution in [2.24, 2.45) is 39.8 Å². The molecule has 2 heterocycles. The van der Waals surface area contributed by atoms with Gasteiger partial charge in [0, 0.05) is 55.9 Å². The minimum absolute atomic E-state index is 0.00481. The quantitative estimate of drug-likeness (QED) is 0.0279.